The van der Waals surface area contributed by atoms with E-state index in [0.717, 1.165) is 56.7 Å². The molecule has 0 N–H and O–H groups in total. The van der Waals surface area contributed by atoms with Gasteiger partial charge in [-0.2, -0.15) is 4.98 Å². The largest absolute Gasteiger partial charge is 0.344 e. The molecule has 1 atom stereocenters. The summed E-state index contributed by atoms with van der Waals surface area (Å²) in [6.07, 6.45) is 3.83. The van der Waals surface area contributed by atoms with Crippen LogP contribution in [0.2, 0.25) is 0 Å². The van der Waals surface area contributed by atoms with Gasteiger partial charge in [0.15, 0.2) is 0 Å². The van der Waals surface area contributed by atoms with E-state index in [9.17, 15) is 14.4 Å². The highest BCUT2D eigenvalue weighted by Gasteiger charge is 2.41. The minimum atomic E-state index is -0.247. The third kappa shape index (κ3) is 4.50. The number of carbonyl (C=O) groups excluding carboxylic acids is 3. The Labute approximate surface area is 213 Å². The summed E-state index contributed by atoms with van der Waals surface area (Å²) in [5.74, 6) is 2.11. The number of piperazine rings is 1. The Hall–Kier alpha value is -2.91. The van der Waals surface area contributed by atoms with Crippen LogP contribution < -0.4 is 9.80 Å². The molecule has 3 fully saturated rings. The molecule has 3 saturated heterocycles. The van der Waals surface area contributed by atoms with Crippen LogP contribution in [0.1, 0.15) is 69.4 Å². The maximum atomic E-state index is 13.6. The van der Waals surface area contributed by atoms with Crippen molar-refractivity contribution in [1.82, 2.24) is 24.7 Å². The lowest BCUT2D eigenvalue weighted by molar-refractivity contribution is -0.133. The second-order valence-corrected chi connectivity index (χ2v) is 11.1. The Balaban J connectivity index is 1.47. The maximum absolute atomic E-state index is 13.6. The van der Waals surface area contributed by atoms with Crippen LogP contribution in [0.25, 0.3) is 0 Å². The first-order valence-corrected chi connectivity index (χ1v) is 13.5. The van der Waals surface area contributed by atoms with Gasteiger partial charge in [-0.3, -0.25) is 14.4 Å². The third-order valence-corrected chi connectivity index (χ3v) is 8.30. The van der Waals surface area contributed by atoms with E-state index in [2.05, 4.69) is 16.7 Å². The summed E-state index contributed by atoms with van der Waals surface area (Å²) in [7, 11) is 0. The second kappa shape index (κ2) is 9.86. The molecule has 1 aromatic rings. The van der Waals surface area contributed by atoms with Crippen LogP contribution in [0.3, 0.4) is 0 Å². The molecule has 10 heteroatoms. The minimum absolute atomic E-state index is 0.0495. The number of nitrogens with zero attached hydrogens (tertiary/aromatic N) is 7. The number of hydrogen-bond donors (Lipinski definition) is 0. The molecule has 5 rings (SSSR count). The van der Waals surface area contributed by atoms with Gasteiger partial charge in [0.05, 0.1) is 6.54 Å². The summed E-state index contributed by atoms with van der Waals surface area (Å²) in [5, 5.41) is 0. The summed E-state index contributed by atoms with van der Waals surface area (Å²) in [5.41, 5.74) is 1.30. The molecular formula is C26H39N7O3. The Morgan fingerprint density at radius 3 is 2.25 bits per heavy atom. The fraction of sp³-hybridized carbons (Fsp3) is 0.731. The van der Waals surface area contributed by atoms with Crippen molar-refractivity contribution < 1.29 is 14.4 Å². The van der Waals surface area contributed by atoms with Gasteiger partial charge in [-0.25, -0.2) is 4.98 Å². The van der Waals surface area contributed by atoms with Gasteiger partial charge >= 0.3 is 0 Å². The number of rotatable bonds is 4. The molecule has 10 nitrogen and oxygen atoms in total. The van der Waals surface area contributed by atoms with Crippen LogP contribution >= 0.6 is 0 Å². The lowest BCUT2D eigenvalue weighted by Crippen LogP contribution is -2.49. The fourth-order valence-electron chi connectivity index (χ4n) is 5.90. The smallest absolute Gasteiger partial charge is 0.273 e. The average Bonchev–Trinajstić information content (AvgIpc) is 3.49. The average molecular weight is 498 g/mol. The number of likely N-dealkylation sites (tertiary alicyclic amines) is 1. The van der Waals surface area contributed by atoms with Crippen molar-refractivity contribution in [2.24, 2.45) is 5.92 Å². The first-order valence-electron chi connectivity index (χ1n) is 13.5. The highest BCUT2D eigenvalue weighted by Crippen LogP contribution is 2.36. The Morgan fingerprint density at radius 1 is 0.917 bits per heavy atom. The SMILES string of the molecule is CC(=O)N1CCN(c2nc3c(c(N4CCC[C@@H]4C(=O)N4CCC(C)CC4)n2)CN(C(C)C)C3=O)CC1. The number of amides is 3. The number of piperidine rings is 1. The van der Waals surface area contributed by atoms with Gasteiger partial charge in [0.25, 0.3) is 5.91 Å². The third-order valence-electron chi connectivity index (χ3n) is 8.30. The van der Waals surface area contributed by atoms with Crippen molar-refractivity contribution in [3.05, 3.63) is 11.3 Å². The van der Waals surface area contributed by atoms with E-state index in [4.69, 9.17) is 9.97 Å². The zero-order valence-corrected chi connectivity index (χ0v) is 22.1. The molecule has 3 amide bonds. The van der Waals surface area contributed by atoms with Crippen molar-refractivity contribution in [3.8, 4) is 0 Å². The van der Waals surface area contributed by atoms with Gasteiger partial charge in [0.1, 0.15) is 17.6 Å². The molecule has 0 unspecified atom stereocenters. The van der Waals surface area contributed by atoms with E-state index in [-0.39, 0.29) is 29.8 Å². The molecule has 5 heterocycles. The summed E-state index contributed by atoms with van der Waals surface area (Å²) >= 11 is 0. The molecule has 4 aliphatic heterocycles. The Morgan fingerprint density at radius 2 is 1.61 bits per heavy atom. The van der Waals surface area contributed by atoms with Crippen LogP contribution in [-0.4, -0.2) is 100 Å². The van der Waals surface area contributed by atoms with Crippen molar-refractivity contribution in [2.45, 2.75) is 72.0 Å². The summed E-state index contributed by atoms with van der Waals surface area (Å²) < 4.78 is 0. The molecule has 1 aromatic heterocycles. The van der Waals surface area contributed by atoms with E-state index in [0.29, 0.717) is 50.3 Å². The van der Waals surface area contributed by atoms with Crippen molar-refractivity contribution in [2.75, 3.05) is 55.6 Å². The lowest BCUT2D eigenvalue weighted by Gasteiger charge is -2.36. The molecule has 196 valence electrons. The van der Waals surface area contributed by atoms with Crippen molar-refractivity contribution >= 4 is 29.5 Å². The molecular weight excluding hydrogens is 458 g/mol. The van der Waals surface area contributed by atoms with Crippen molar-refractivity contribution in [3.63, 3.8) is 0 Å². The number of aromatic nitrogens is 2. The van der Waals surface area contributed by atoms with E-state index in [1.807, 2.05) is 28.5 Å². The van der Waals surface area contributed by atoms with Gasteiger partial charge in [-0.1, -0.05) is 6.92 Å². The topological polar surface area (TPSA) is 93.2 Å². The predicted molar refractivity (Wildman–Crippen MR) is 137 cm³/mol. The zero-order chi connectivity index (χ0) is 25.6. The Bertz CT molecular complexity index is 1030. The van der Waals surface area contributed by atoms with Crippen LogP contribution in [-0.2, 0) is 16.1 Å². The number of hydrogen-bond acceptors (Lipinski definition) is 7. The summed E-state index contributed by atoms with van der Waals surface area (Å²) in [6.45, 7) is 13.2. The standard InChI is InChI=1S/C26H39N7O3/c1-17(2)33-16-20-22(25(33)36)27-26(31-14-12-29(13-15-31)19(4)34)28-23(20)32-9-5-6-21(32)24(35)30-10-7-18(3)8-11-30/h17-18,21H,5-16H2,1-4H3/t21-/m1/s1. The monoisotopic (exact) mass is 497 g/mol. The maximum Gasteiger partial charge on any atom is 0.273 e. The number of fused-ring (bicyclic) bond motifs is 1. The van der Waals surface area contributed by atoms with E-state index in [1.165, 1.54) is 0 Å². The molecule has 0 bridgehead atoms. The normalized spacial score (nSPS) is 23.2. The fourth-order valence-corrected chi connectivity index (χ4v) is 5.90. The van der Waals surface area contributed by atoms with Crippen LogP contribution in [0, 0.1) is 5.92 Å². The molecule has 36 heavy (non-hydrogen) atoms. The quantitative estimate of drug-likeness (QED) is 0.626. The van der Waals surface area contributed by atoms with Gasteiger partial charge in [0.2, 0.25) is 17.8 Å². The summed E-state index contributed by atoms with van der Waals surface area (Å²) in [6, 6.07) is -0.198. The van der Waals surface area contributed by atoms with Crippen LogP contribution in [0.4, 0.5) is 11.8 Å². The van der Waals surface area contributed by atoms with Crippen LogP contribution in [0.15, 0.2) is 0 Å². The van der Waals surface area contributed by atoms with Gasteiger partial charge in [0, 0.05) is 64.3 Å². The molecule has 0 aromatic carbocycles. The summed E-state index contributed by atoms with van der Waals surface area (Å²) in [4.78, 5) is 58.5. The zero-order valence-electron chi connectivity index (χ0n) is 22.1. The highest BCUT2D eigenvalue weighted by molar-refractivity contribution is 5.99. The molecule has 0 spiro atoms. The van der Waals surface area contributed by atoms with Gasteiger partial charge in [-0.15, -0.1) is 0 Å². The number of carbonyl (C=O) groups is 3. The lowest BCUT2D eigenvalue weighted by atomic mass is 9.98. The van der Waals surface area contributed by atoms with Gasteiger partial charge < -0.3 is 24.5 Å². The minimum Gasteiger partial charge on any atom is -0.344 e. The molecule has 0 saturated carbocycles. The number of anilines is 2. The first kappa shape index (κ1) is 24.8. The predicted octanol–water partition coefficient (Wildman–Crippen LogP) is 1.74. The van der Waals surface area contributed by atoms with Crippen LogP contribution in [0.5, 0.6) is 0 Å². The van der Waals surface area contributed by atoms with Crippen molar-refractivity contribution in [1.29, 1.82) is 0 Å². The molecule has 4 aliphatic rings. The first-order chi connectivity index (χ1) is 17.2. The van der Waals surface area contributed by atoms with E-state index in [1.54, 1.807) is 6.92 Å². The van der Waals surface area contributed by atoms with E-state index < -0.39 is 0 Å². The molecule has 0 radical (unpaired) electrons. The highest BCUT2D eigenvalue weighted by atomic mass is 16.2. The Kier molecular flexibility index (Phi) is 6.78. The van der Waals surface area contributed by atoms with E-state index >= 15 is 0 Å². The van der Waals surface area contributed by atoms with Gasteiger partial charge in [-0.05, 0) is 45.4 Å². The molecule has 0 aliphatic carbocycles. The second-order valence-electron chi connectivity index (χ2n) is 11.1.